The molecule has 4 nitrogen and oxygen atoms in total. The zero-order valence-electron chi connectivity index (χ0n) is 23.6. The monoisotopic (exact) mass is 560 g/mol. The fourth-order valence-electron chi connectivity index (χ4n) is 7.03. The number of rotatable bonds is 2. The van der Waals surface area contributed by atoms with Crippen molar-refractivity contribution in [3.8, 4) is 17.1 Å². The first-order chi connectivity index (χ1) is 21.8. The Bertz CT molecular complexity index is 2780. The molecule has 0 spiro atoms. The zero-order chi connectivity index (χ0) is 28.8. The first-order valence-corrected chi connectivity index (χ1v) is 14.9. The van der Waals surface area contributed by atoms with Crippen molar-refractivity contribution < 1.29 is 0 Å². The highest BCUT2D eigenvalue weighted by molar-refractivity contribution is 6.22. The summed E-state index contributed by atoms with van der Waals surface area (Å²) in [5.41, 5.74) is 8.47. The van der Waals surface area contributed by atoms with Crippen molar-refractivity contribution in [3.05, 3.63) is 146 Å². The zero-order valence-corrected chi connectivity index (χ0v) is 23.6. The molecule has 0 aliphatic rings. The van der Waals surface area contributed by atoms with Gasteiger partial charge in [-0.05, 0) is 81.2 Å². The lowest BCUT2D eigenvalue weighted by Gasteiger charge is -2.13. The Kier molecular flexibility index (Phi) is 4.69. The summed E-state index contributed by atoms with van der Waals surface area (Å²) >= 11 is 0. The van der Waals surface area contributed by atoms with E-state index in [0.29, 0.717) is 0 Å². The molecule has 204 valence electrons. The third-order valence-electron chi connectivity index (χ3n) is 9.06. The normalized spacial score (nSPS) is 12.1. The van der Waals surface area contributed by atoms with Gasteiger partial charge < -0.3 is 0 Å². The van der Waals surface area contributed by atoms with Crippen LogP contribution in [0.4, 0.5) is 0 Å². The molecule has 7 aromatic carbocycles. The van der Waals surface area contributed by atoms with E-state index in [1.54, 1.807) is 0 Å². The average molecular weight is 561 g/mol. The lowest BCUT2D eigenvalue weighted by Crippen LogP contribution is -2.06. The summed E-state index contributed by atoms with van der Waals surface area (Å²) in [4.78, 5) is 10.5. The number of benzene rings is 7. The maximum atomic E-state index is 5.35. The van der Waals surface area contributed by atoms with Gasteiger partial charge in [-0.2, -0.15) is 0 Å². The molecule has 0 aliphatic carbocycles. The van der Waals surface area contributed by atoms with Crippen LogP contribution in [-0.2, 0) is 0 Å². The minimum Gasteiger partial charge on any atom is -0.279 e. The summed E-state index contributed by atoms with van der Waals surface area (Å²) in [6, 6.07) is 51.9. The third kappa shape index (κ3) is 3.22. The molecule has 10 rings (SSSR count). The number of imidazole rings is 1. The van der Waals surface area contributed by atoms with Crippen molar-refractivity contribution in [3.63, 3.8) is 0 Å². The van der Waals surface area contributed by atoms with Crippen LogP contribution in [0.5, 0.6) is 0 Å². The summed E-state index contributed by atoms with van der Waals surface area (Å²) in [6.07, 6.45) is 0. The van der Waals surface area contributed by atoms with E-state index in [1.807, 2.05) is 12.1 Å². The number of fused-ring (bicyclic) bond motifs is 11. The van der Waals surface area contributed by atoms with Gasteiger partial charge in [0.2, 0.25) is 5.95 Å². The van der Waals surface area contributed by atoms with Crippen molar-refractivity contribution in [2.75, 3.05) is 0 Å². The van der Waals surface area contributed by atoms with Crippen molar-refractivity contribution >= 4 is 70.9 Å². The Hall–Kier alpha value is -6.00. The van der Waals surface area contributed by atoms with Crippen LogP contribution < -0.4 is 0 Å². The molecule has 0 bridgehead atoms. The summed E-state index contributed by atoms with van der Waals surface area (Å²) in [5.74, 6) is 0.834. The van der Waals surface area contributed by atoms with Crippen LogP contribution in [0.25, 0.3) is 88.0 Å². The van der Waals surface area contributed by atoms with E-state index in [4.69, 9.17) is 9.97 Å². The lowest BCUT2D eigenvalue weighted by molar-refractivity contribution is 0.980. The second-order valence-electron chi connectivity index (χ2n) is 11.5. The third-order valence-corrected chi connectivity index (χ3v) is 9.06. The van der Waals surface area contributed by atoms with Gasteiger partial charge in [0.05, 0.1) is 27.6 Å². The van der Waals surface area contributed by atoms with E-state index in [9.17, 15) is 0 Å². The van der Waals surface area contributed by atoms with Gasteiger partial charge in [-0.1, -0.05) is 97.1 Å². The number of hydrogen-bond donors (Lipinski definition) is 0. The van der Waals surface area contributed by atoms with E-state index in [2.05, 4.69) is 142 Å². The van der Waals surface area contributed by atoms with E-state index in [1.165, 1.54) is 43.4 Å². The molecule has 0 radical (unpaired) electrons. The maximum Gasteiger partial charge on any atom is 0.221 e. The number of nitrogens with zero attached hydrogens (tertiary/aromatic N) is 4. The summed E-state index contributed by atoms with van der Waals surface area (Å²) < 4.78 is 4.55. The number of hydrogen-bond acceptors (Lipinski definition) is 2. The smallest absolute Gasteiger partial charge is 0.221 e. The Balaban J connectivity index is 1.37. The van der Waals surface area contributed by atoms with E-state index < -0.39 is 0 Å². The summed E-state index contributed by atoms with van der Waals surface area (Å²) in [7, 11) is 0. The van der Waals surface area contributed by atoms with Crippen LogP contribution in [0.3, 0.4) is 0 Å². The van der Waals surface area contributed by atoms with Crippen LogP contribution in [0.2, 0.25) is 0 Å². The Morgan fingerprint density at radius 1 is 0.409 bits per heavy atom. The van der Waals surface area contributed by atoms with Crippen molar-refractivity contribution in [2.24, 2.45) is 0 Å². The van der Waals surface area contributed by atoms with Gasteiger partial charge in [-0.3, -0.25) is 8.97 Å². The Labute approximate surface area is 252 Å². The highest BCUT2D eigenvalue weighted by Gasteiger charge is 2.21. The molecular weight excluding hydrogens is 536 g/mol. The maximum absolute atomic E-state index is 5.35. The van der Waals surface area contributed by atoms with Gasteiger partial charge in [0, 0.05) is 16.2 Å². The molecule has 0 amide bonds. The minimum absolute atomic E-state index is 0.834. The highest BCUT2D eigenvalue weighted by atomic mass is 15.2. The van der Waals surface area contributed by atoms with Gasteiger partial charge in [-0.15, -0.1) is 0 Å². The molecule has 4 heteroatoms. The van der Waals surface area contributed by atoms with E-state index in [-0.39, 0.29) is 0 Å². The summed E-state index contributed by atoms with van der Waals surface area (Å²) in [5, 5.41) is 8.42. The predicted molar refractivity (Wildman–Crippen MR) is 183 cm³/mol. The van der Waals surface area contributed by atoms with Crippen LogP contribution in [0.15, 0.2) is 146 Å². The number of para-hydroxylation sites is 3. The fraction of sp³-hybridized carbons (Fsp3) is 0. The minimum atomic E-state index is 0.834. The van der Waals surface area contributed by atoms with Crippen molar-refractivity contribution in [2.45, 2.75) is 0 Å². The molecule has 0 fully saturated rings. The van der Waals surface area contributed by atoms with Crippen LogP contribution >= 0.6 is 0 Å². The van der Waals surface area contributed by atoms with Crippen LogP contribution in [-0.4, -0.2) is 18.9 Å². The second-order valence-corrected chi connectivity index (χ2v) is 11.5. The summed E-state index contributed by atoms with van der Waals surface area (Å²) in [6.45, 7) is 0. The largest absolute Gasteiger partial charge is 0.279 e. The second kappa shape index (κ2) is 8.76. The first-order valence-electron chi connectivity index (χ1n) is 14.9. The van der Waals surface area contributed by atoms with Crippen LogP contribution in [0.1, 0.15) is 0 Å². The van der Waals surface area contributed by atoms with Gasteiger partial charge in [0.1, 0.15) is 5.65 Å². The predicted octanol–water partition coefficient (Wildman–Crippen LogP) is 10.1. The van der Waals surface area contributed by atoms with Gasteiger partial charge in [0.15, 0.2) is 0 Å². The highest BCUT2D eigenvalue weighted by Crippen LogP contribution is 2.40. The number of aromatic nitrogens is 4. The van der Waals surface area contributed by atoms with Crippen molar-refractivity contribution in [1.29, 1.82) is 0 Å². The van der Waals surface area contributed by atoms with Crippen LogP contribution in [0, 0.1) is 0 Å². The molecule has 3 heterocycles. The molecular formula is C40H24N4. The Morgan fingerprint density at radius 3 is 1.98 bits per heavy atom. The molecule has 0 saturated carbocycles. The molecule has 44 heavy (non-hydrogen) atoms. The SMILES string of the molecule is c1ccc2cc(-c3ccc4c(c3)c3c5ccccc5ccc3n4-c3nc4ccccc4c4nc5ccccc5n34)ccc2c1. The molecule has 10 aromatic rings. The van der Waals surface area contributed by atoms with Crippen molar-refractivity contribution in [1.82, 2.24) is 18.9 Å². The van der Waals surface area contributed by atoms with Gasteiger partial charge >= 0.3 is 0 Å². The molecule has 0 unspecified atom stereocenters. The average Bonchev–Trinajstić information content (AvgIpc) is 3.64. The Morgan fingerprint density at radius 2 is 1.07 bits per heavy atom. The molecule has 0 atom stereocenters. The topological polar surface area (TPSA) is 35.1 Å². The molecule has 0 N–H and O–H groups in total. The van der Waals surface area contributed by atoms with E-state index in [0.717, 1.165) is 44.6 Å². The molecule has 0 aliphatic heterocycles. The van der Waals surface area contributed by atoms with Gasteiger partial charge in [0.25, 0.3) is 0 Å². The first kappa shape index (κ1) is 23.6. The quantitative estimate of drug-likeness (QED) is 0.211. The molecule has 3 aromatic heterocycles. The van der Waals surface area contributed by atoms with Gasteiger partial charge in [-0.25, -0.2) is 9.97 Å². The van der Waals surface area contributed by atoms with E-state index >= 15 is 0 Å². The standard InChI is InChI=1S/C40H24N4/c1-2-11-27-23-28(18-17-25(27)9-1)29-20-21-35-32(24-29)38-30-12-4-3-10-26(30)19-22-37(38)43(35)40-42-33-14-6-5-13-31(33)39-41-34-15-7-8-16-36(34)44(39)40/h1-24H. The lowest BCUT2D eigenvalue weighted by atomic mass is 9.98. The fourth-order valence-corrected chi connectivity index (χ4v) is 7.03. The molecule has 0 saturated heterocycles.